The predicted molar refractivity (Wildman–Crippen MR) is 120 cm³/mol. The number of pyridine rings is 2. The van der Waals surface area contributed by atoms with E-state index in [4.69, 9.17) is 4.74 Å². The third-order valence-corrected chi connectivity index (χ3v) is 6.88. The Kier molecular flexibility index (Phi) is 5.90. The first-order valence-corrected chi connectivity index (χ1v) is 11.5. The van der Waals surface area contributed by atoms with E-state index >= 15 is 0 Å². The fraction of sp³-hybridized carbons (Fsp3) is 0.400. The molecule has 1 amide bonds. The van der Waals surface area contributed by atoms with Crippen LogP contribution in [0.5, 0.6) is 5.88 Å². The van der Waals surface area contributed by atoms with E-state index in [1.807, 2.05) is 24.8 Å². The molecular weight excluding hydrogens is 459 g/mol. The van der Waals surface area contributed by atoms with E-state index < -0.39 is 11.7 Å². The summed E-state index contributed by atoms with van der Waals surface area (Å²) in [6.45, 7) is 3.91. The van der Waals surface area contributed by atoms with Gasteiger partial charge in [-0.3, -0.25) is 9.78 Å². The highest BCUT2D eigenvalue weighted by Gasteiger charge is 2.49. The Morgan fingerprint density at radius 2 is 1.86 bits per heavy atom. The topological polar surface area (TPSA) is 81.1 Å². The van der Waals surface area contributed by atoms with Crippen molar-refractivity contribution in [2.75, 3.05) is 0 Å². The van der Waals surface area contributed by atoms with Gasteiger partial charge in [0.1, 0.15) is 11.8 Å². The highest BCUT2D eigenvalue weighted by molar-refractivity contribution is 5.98. The lowest BCUT2D eigenvalue weighted by Crippen LogP contribution is -2.63. The number of rotatable bonds is 4. The molecule has 35 heavy (non-hydrogen) atoms. The lowest BCUT2D eigenvalue weighted by Gasteiger charge is -2.53. The van der Waals surface area contributed by atoms with Gasteiger partial charge in [0.15, 0.2) is 5.82 Å². The third-order valence-electron chi connectivity index (χ3n) is 6.88. The highest BCUT2D eigenvalue weighted by Crippen LogP contribution is 2.42. The van der Waals surface area contributed by atoms with Crippen molar-refractivity contribution in [1.82, 2.24) is 24.8 Å². The van der Waals surface area contributed by atoms with Crippen molar-refractivity contribution in [3.8, 4) is 17.3 Å². The Morgan fingerprint density at radius 1 is 1.09 bits per heavy atom. The number of aryl methyl sites for hydroxylation is 1. The predicted octanol–water partition coefficient (Wildman–Crippen LogP) is 4.72. The number of ether oxygens (including phenoxy) is 1. The zero-order chi connectivity index (χ0) is 24.7. The maximum absolute atomic E-state index is 13.9. The number of hydrogen-bond donors (Lipinski definition) is 0. The van der Waals surface area contributed by atoms with Gasteiger partial charge in [0.25, 0.3) is 5.91 Å². The minimum absolute atomic E-state index is 0.0330. The van der Waals surface area contributed by atoms with E-state index in [1.165, 1.54) is 6.07 Å². The van der Waals surface area contributed by atoms with Crippen molar-refractivity contribution < 1.29 is 22.7 Å². The molecule has 0 radical (unpaired) electrons. The van der Waals surface area contributed by atoms with Gasteiger partial charge in [-0.25, -0.2) is 15.0 Å². The molecule has 182 valence electrons. The van der Waals surface area contributed by atoms with Crippen molar-refractivity contribution in [2.45, 2.75) is 57.5 Å². The number of piperidine rings is 2. The van der Waals surface area contributed by atoms with Crippen LogP contribution in [0.3, 0.4) is 0 Å². The molecule has 0 spiro atoms. The number of fused-ring (bicyclic) bond motifs is 3. The molecule has 2 aliphatic heterocycles. The summed E-state index contributed by atoms with van der Waals surface area (Å²) in [6.07, 6.45) is 3.19. The van der Waals surface area contributed by atoms with Crippen LogP contribution in [0, 0.1) is 12.8 Å². The fourth-order valence-electron chi connectivity index (χ4n) is 5.14. The maximum atomic E-state index is 13.9. The molecule has 2 bridgehead atoms. The molecule has 10 heteroatoms. The zero-order valence-electron chi connectivity index (χ0n) is 19.2. The van der Waals surface area contributed by atoms with Gasteiger partial charge in [-0.05, 0) is 62.8 Å². The molecule has 7 nitrogen and oxygen atoms in total. The first kappa shape index (κ1) is 23.2. The number of nitrogens with zero attached hydrogens (tertiary/aromatic N) is 5. The van der Waals surface area contributed by atoms with E-state index in [0.717, 1.165) is 30.7 Å². The van der Waals surface area contributed by atoms with Crippen LogP contribution in [0.25, 0.3) is 11.4 Å². The standard InChI is InChI=1S/C25H24F3N5O2/c1-14-10-18(23-29-8-3-9-30-23)22(32-12-14)24(34)33-15(2)16-4-6-19(33)20(11-16)35-21-7-5-17(13-31-21)25(26,27)28/h3,5,7-10,12-13,15-16,19-20H,4,6,11H2,1-2H3/t15-,16-,19+,20-/m1/s1. The Bertz CT molecular complexity index is 1220. The van der Waals surface area contributed by atoms with Crippen molar-refractivity contribution in [2.24, 2.45) is 5.92 Å². The molecule has 3 aromatic rings. The van der Waals surface area contributed by atoms with Gasteiger partial charge in [-0.15, -0.1) is 0 Å². The molecule has 2 saturated heterocycles. The van der Waals surface area contributed by atoms with Crippen LogP contribution < -0.4 is 4.74 Å². The summed E-state index contributed by atoms with van der Waals surface area (Å²) in [5.74, 6) is 0.500. The van der Waals surface area contributed by atoms with Crippen LogP contribution in [0.1, 0.15) is 47.8 Å². The van der Waals surface area contributed by atoms with Crippen molar-refractivity contribution >= 4 is 5.91 Å². The van der Waals surface area contributed by atoms with Crippen molar-refractivity contribution in [3.63, 3.8) is 0 Å². The molecule has 3 fully saturated rings. The SMILES string of the molecule is Cc1cnc(C(=O)N2[C@H](C)[C@@H]3CC[C@H]2[C@H](Oc2ccc(C(F)(F)F)cn2)C3)c(-c2ncccn2)c1. The second-order valence-electron chi connectivity index (χ2n) is 9.11. The Labute approximate surface area is 200 Å². The van der Waals surface area contributed by atoms with E-state index in [9.17, 15) is 18.0 Å². The Morgan fingerprint density at radius 3 is 2.54 bits per heavy atom. The van der Waals surface area contributed by atoms with Crippen LogP contribution in [0.4, 0.5) is 13.2 Å². The monoisotopic (exact) mass is 483 g/mol. The molecule has 0 N–H and O–H groups in total. The number of carbonyl (C=O) groups excluding carboxylic acids is 1. The van der Waals surface area contributed by atoms with Crippen LogP contribution in [0.2, 0.25) is 0 Å². The average molecular weight is 483 g/mol. The van der Waals surface area contributed by atoms with Gasteiger partial charge in [0.05, 0.1) is 17.2 Å². The minimum Gasteiger partial charge on any atom is -0.472 e. The van der Waals surface area contributed by atoms with Crippen LogP contribution >= 0.6 is 0 Å². The second-order valence-corrected chi connectivity index (χ2v) is 9.11. The molecule has 4 atom stereocenters. The summed E-state index contributed by atoms with van der Waals surface area (Å²) >= 11 is 0. The molecular formula is C25H24F3N5O2. The second kappa shape index (κ2) is 8.90. The van der Waals surface area contributed by atoms with Crippen molar-refractivity contribution in [3.05, 3.63) is 65.9 Å². The van der Waals surface area contributed by atoms with Gasteiger partial charge in [-0.1, -0.05) is 0 Å². The van der Waals surface area contributed by atoms with Gasteiger partial charge >= 0.3 is 6.18 Å². The first-order valence-electron chi connectivity index (χ1n) is 11.5. The zero-order valence-corrected chi connectivity index (χ0v) is 19.2. The summed E-state index contributed by atoms with van der Waals surface area (Å²) < 4.78 is 44.7. The van der Waals surface area contributed by atoms with Gasteiger partial charge in [0, 0.05) is 36.9 Å². The van der Waals surface area contributed by atoms with Crippen molar-refractivity contribution in [1.29, 1.82) is 0 Å². The lowest BCUT2D eigenvalue weighted by atomic mass is 9.73. The summed E-state index contributed by atoms with van der Waals surface area (Å²) in [6, 6.07) is 5.46. The van der Waals surface area contributed by atoms with Crippen LogP contribution in [-0.4, -0.2) is 48.9 Å². The first-order chi connectivity index (χ1) is 16.7. The van der Waals surface area contributed by atoms with E-state index in [2.05, 4.69) is 19.9 Å². The lowest BCUT2D eigenvalue weighted by molar-refractivity contribution is -0.137. The van der Waals surface area contributed by atoms with E-state index in [-0.39, 0.29) is 41.6 Å². The number of aromatic nitrogens is 4. The largest absolute Gasteiger partial charge is 0.472 e. The Hall–Kier alpha value is -3.56. The summed E-state index contributed by atoms with van der Waals surface area (Å²) in [5.41, 5.74) is 0.882. The van der Waals surface area contributed by atoms with E-state index in [0.29, 0.717) is 17.8 Å². The summed E-state index contributed by atoms with van der Waals surface area (Å²) in [4.78, 5) is 32.6. The fourth-order valence-corrected chi connectivity index (χ4v) is 5.14. The van der Waals surface area contributed by atoms with Crippen LogP contribution in [-0.2, 0) is 6.18 Å². The van der Waals surface area contributed by atoms with Gasteiger partial charge < -0.3 is 9.64 Å². The molecule has 0 aromatic carbocycles. The quantitative estimate of drug-likeness (QED) is 0.534. The van der Waals surface area contributed by atoms with Crippen LogP contribution in [0.15, 0.2) is 49.1 Å². The molecule has 1 aliphatic carbocycles. The molecule has 1 saturated carbocycles. The number of alkyl halides is 3. The number of hydrogen-bond acceptors (Lipinski definition) is 6. The van der Waals surface area contributed by atoms with Gasteiger partial charge in [0.2, 0.25) is 5.88 Å². The molecule has 6 rings (SSSR count). The number of amides is 1. The molecule has 3 aromatic heterocycles. The summed E-state index contributed by atoms with van der Waals surface area (Å²) in [5, 5.41) is 0. The average Bonchev–Trinajstić information content (AvgIpc) is 2.85. The minimum atomic E-state index is -4.46. The molecule has 5 heterocycles. The van der Waals surface area contributed by atoms with E-state index in [1.54, 1.807) is 24.7 Å². The van der Waals surface area contributed by atoms with Gasteiger partial charge in [-0.2, -0.15) is 13.2 Å². The molecule has 0 unspecified atom stereocenters. The molecule has 3 aliphatic rings. The Balaban J connectivity index is 1.43. The smallest absolute Gasteiger partial charge is 0.417 e. The third kappa shape index (κ3) is 4.44. The number of carbonyl (C=O) groups is 1. The summed E-state index contributed by atoms with van der Waals surface area (Å²) in [7, 11) is 0. The number of halogens is 3. The highest BCUT2D eigenvalue weighted by atomic mass is 19.4. The maximum Gasteiger partial charge on any atom is 0.417 e. The normalized spacial score (nSPS) is 23.9.